The number of pyridine rings is 1. The van der Waals surface area contributed by atoms with Crippen molar-refractivity contribution in [3.8, 4) is 17.1 Å². The molecule has 0 aromatic carbocycles. The third-order valence-corrected chi connectivity index (χ3v) is 7.78. The van der Waals surface area contributed by atoms with E-state index in [1.165, 1.54) is 19.2 Å². The second-order valence-corrected chi connectivity index (χ2v) is 10.3. The molecule has 2 aromatic rings. The van der Waals surface area contributed by atoms with Crippen LogP contribution in [-0.2, 0) is 4.79 Å². The largest absolute Gasteiger partial charge is 0.481 e. The minimum absolute atomic E-state index is 0.0446. The van der Waals surface area contributed by atoms with Crippen LogP contribution in [0.25, 0.3) is 11.3 Å². The topological polar surface area (TPSA) is 120 Å². The van der Waals surface area contributed by atoms with E-state index in [4.69, 9.17) is 4.74 Å². The quantitative estimate of drug-likeness (QED) is 0.445. The number of H-pyrrole nitrogens is 1. The van der Waals surface area contributed by atoms with Crippen LogP contribution >= 0.6 is 0 Å². The zero-order valence-electron chi connectivity index (χ0n) is 21.9. The van der Waals surface area contributed by atoms with Crippen molar-refractivity contribution >= 4 is 11.8 Å². The fourth-order valence-corrected chi connectivity index (χ4v) is 5.46. The van der Waals surface area contributed by atoms with Crippen LogP contribution in [0.3, 0.4) is 0 Å². The summed E-state index contributed by atoms with van der Waals surface area (Å²) in [6.45, 7) is 2.28. The molecule has 1 aliphatic carbocycles. The van der Waals surface area contributed by atoms with Gasteiger partial charge in [-0.3, -0.25) is 14.7 Å². The standard InChI is InChI=1S/C26H33F4N5O4/c1-3-4-17-11-15(23(36)32-16-5-8-25(38,9-6-16)26(28,29)30)7-10-35(17)24(37)21-13-20(33-34-21)18-12-22(39-2)31-14-19(18)27/h12-17,38H,3-11H2,1-2H3,(H,32,36)(H,33,34)/t15-,16-,17-,25-/m0/s1. The summed E-state index contributed by atoms with van der Waals surface area (Å²) in [5, 5.41) is 19.5. The van der Waals surface area contributed by atoms with Crippen LogP contribution in [0.5, 0.6) is 5.88 Å². The summed E-state index contributed by atoms with van der Waals surface area (Å²) in [6.07, 6.45) is -2.24. The molecule has 4 rings (SSSR count). The van der Waals surface area contributed by atoms with Crippen molar-refractivity contribution in [1.82, 2.24) is 25.4 Å². The van der Waals surface area contributed by atoms with Gasteiger partial charge in [0.25, 0.3) is 5.91 Å². The van der Waals surface area contributed by atoms with Crippen LogP contribution in [0.15, 0.2) is 18.3 Å². The van der Waals surface area contributed by atoms with E-state index in [0.29, 0.717) is 31.5 Å². The first kappa shape index (κ1) is 28.8. The van der Waals surface area contributed by atoms with Crippen LogP contribution in [-0.4, -0.2) is 74.5 Å². The highest BCUT2D eigenvalue weighted by molar-refractivity contribution is 5.94. The number of likely N-dealkylation sites (tertiary alicyclic amines) is 1. The minimum atomic E-state index is -4.69. The van der Waals surface area contributed by atoms with E-state index < -0.39 is 36.5 Å². The second kappa shape index (κ2) is 11.5. The van der Waals surface area contributed by atoms with Crippen molar-refractivity contribution in [2.75, 3.05) is 13.7 Å². The van der Waals surface area contributed by atoms with Gasteiger partial charge in [-0.25, -0.2) is 9.37 Å². The van der Waals surface area contributed by atoms with Crippen LogP contribution in [0.4, 0.5) is 17.6 Å². The van der Waals surface area contributed by atoms with Gasteiger partial charge in [0, 0.05) is 36.2 Å². The number of carbonyl (C=O) groups is 2. The van der Waals surface area contributed by atoms with Gasteiger partial charge in [-0.15, -0.1) is 0 Å². The molecule has 0 unspecified atom stereocenters. The zero-order valence-corrected chi connectivity index (χ0v) is 21.9. The molecule has 1 aliphatic heterocycles. The van der Waals surface area contributed by atoms with Gasteiger partial charge in [-0.2, -0.15) is 18.3 Å². The van der Waals surface area contributed by atoms with Gasteiger partial charge in [0.05, 0.1) is 19.0 Å². The number of alkyl halides is 3. The summed E-state index contributed by atoms with van der Waals surface area (Å²) in [6, 6.07) is 2.20. The molecule has 13 heteroatoms. The first-order valence-corrected chi connectivity index (χ1v) is 13.1. The lowest BCUT2D eigenvalue weighted by Gasteiger charge is -2.40. The highest BCUT2D eigenvalue weighted by Crippen LogP contribution is 2.41. The van der Waals surface area contributed by atoms with Crippen LogP contribution in [0.2, 0.25) is 0 Å². The second-order valence-electron chi connectivity index (χ2n) is 10.3. The summed E-state index contributed by atoms with van der Waals surface area (Å²) < 4.78 is 58.6. The number of carbonyl (C=O) groups excluding carboxylic acids is 2. The van der Waals surface area contributed by atoms with Crippen molar-refractivity contribution in [3.05, 3.63) is 29.8 Å². The van der Waals surface area contributed by atoms with E-state index >= 15 is 0 Å². The molecule has 0 bridgehead atoms. The molecule has 2 aromatic heterocycles. The lowest BCUT2D eigenvalue weighted by molar-refractivity contribution is -0.270. The lowest BCUT2D eigenvalue weighted by atomic mass is 9.81. The smallest absolute Gasteiger partial charge is 0.417 e. The number of halogens is 4. The number of nitrogens with one attached hydrogen (secondary N) is 2. The van der Waals surface area contributed by atoms with Crippen LogP contribution < -0.4 is 10.1 Å². The van der Waals surface area contributed by atoms with E-state index in [9.17, 15) is 32.3 Å². The Bertz CT molecular complexity index is 1180. The number of rotatable bonds is 7. The average Bonchev–Trinajstić information content (AvgIpc) is 3.39. The Kier molecular flexibility index (Phi) is 8.48. The Hall–Kier alpha value is -3.22. The van der Waals surface area contributed by atoms with E-state index in [2.05, 4.69) is 20.5 Å². The van der Waals surface area contributed by atoms with Gasteiger partial charge in [0.15, 0.2) is 17.1 Å². The molecule has 2 atom stereocenters. The third kappa shape index (κ3) is 6.18. The number of hydrogen-bond donors (Lipinski definition) is 3. The number of ether oxygens (including phenoxy) is 1. The van der Waals surface area contributed by atoms with Crippen molar-refractivity contribution in [2.24, 2.45) is 5.92 Å². The molecule has 214 valence electrons. The average molecular weight is 556 g/mol. The Morgan fingerprint density at radius 3 is 2.62 bits per heavy atom. The summed E-state index contributed by atoms with van der Waals surface area (Å²) in [5.74, 6) is -1.36. The Balaban J connectivity index is 1.39. The zero-order chi connectivity index (χ0) is 28.4. The fraction of sp³-hybridized carbons (Fsp3) is 0.615. The van der Waals surface area contributed by atoms with Gasteiger partial charge in [-0.05, 0) is 51.0 Å². The van der Waals surface area contributed by atoms with E-state index in [1.807, 2.05) is 6.92 Å². The molecule has 1 saturated carbocycles. The number of amides is 2. The Morgan fingerprint density at radius 1 is 1.26 bits per heavy atom. The molecule has 0 spiro atoms. The number of aliphatic hydroxyl groups is 1. The first-order valence-electron chi connectivity index (χ1n) is 13.1. The molecular weight excluding hydrogens is 522 g/mol. The van der Waals surface area contributed by atoms with Crippen molar-refractivity contribution in [1.29, 1.82) is 0 Å². The number of hydrogen-bond acceptors (Lipinski definition) is 6. The molecular formula is C26H33F4N5O4. The lowest BCUT2D eigenvalue weighted by Crippen LogP contribution is -2.53. The van der Waals surface area contributed by atoms with E-state index in [1.54, 1.807) is 4.90 Å². The molecule has 1 saturated heterocycles. The molecule has 39 heavy (non-hydrogen) atoms. The normalized spacial score (nSPS) is 25.8. The number of methoxy groups -OCH3 is 1. The van der Waals surface area contributed by atoms with Gasteiger partial charge in [-0.1, -0.05) is 13.3 Å². The van der Waals surface area contributed by atoms with Crippen LogP contribution in [0, 0.1) is 11.7 Å². The summed E-state index contributed by atoms with van der Waals surface area (Å²) >= 11 is 0. The number of piperidine rings is 1. The van der Waals surface area contributed by atoms with Crippen LogP contribution in [0.1, 0.15) is 68.8 Å². The van der Waals surface area contributed by atoms with Crippen molar-refractivity contribution in [2.45, 2.75) is 82.2 Å². The third-order valence-electron chi connectivity index (χ3n) is 7.78. The monoisotopic (exact) mass is 555 g/mol. The molecule has 3 N–H and O–H groups in total. The molecule has 9 nitrogen and oxygen atoms in total. The maximum absolute atomic E-state index is 14.3. The summed E-state index contributed by atoms with van der Waals surface area (Å²) in [4.78, 5) is 31.9. The SMILES string of the molecule is CCC[C@H]1C[C@@H](C(=O)N[C@H]2CC[C@@](O)(C(F)(F)F)CC2)CCN1C(=O)c1cc(-c2cc(OC)ncc2F)[nH]n1. The maximum Gasteiger partial charge on any atom is 0.417 e. The Labute approximate surface area is 223 Å². The molecule has 2 aliphatic rings. The summed E-state index contributed by atoms with van der Waals surface area (Å²) in [7, 11) is 1.41. The maximum atomic E-state index is 14.3. The number of aromatic amines is 1. The number of aromatic nitrogens is 3. The number of nitrogens with zero attached hydrogens (tertiary/aromatic N) is 3. The molecule has 2 amide bonds. The van der Waals surface area contributed by atoms with Gasteiger partial charge in [0.1, 0.15) is 0 Å². The molecule has 2 fully saturated rings. The van der Waals surface area contributed by atoms with E-state index in [0.717, 1.165) is 12.6 Å². The molecule has 0 radical (unpaired) electrons. The first-order chi connectivity index (χ1) is 18.5. The minimum Gasteiger partial charge on any atom is -0.481 e. The van der Waals surface area contributed by atoms with Crippen molar-refractivity contribution in [3.63, 3.8) is 0 Å². The summed E-state index contributed by atoms with van der Waals surface area (Å²) in [5.41, 5.74) is -2.13. The fourth-order valence-electron chi connectivity index (χ4n) is 5.46. The van der Waals surface area contributed by atoms with Gasteiger partial charge < -0.3 is 20.1 Å². The molecule has 3 heterocycles. The van der Waals surface area contributed by atoms with E-state index in [-0.39, 0.29) is 53.8 Å². The van der Waals surface area contributed by atoms with Gasteiger partial charge >= 0.3 is 6.18 Å². The predicted octanol–water partition coefficient (Wildman–Crippen LogP) is 3.99. The van der Waals surface area contributed by atoms with Crippen molar-refractivity contribution < 1.29 is 37.0 Å². The predicted molar refractivity (Wildman–Crippen MR) is 132 cm³/mol. The van der Waals surface area contributed by atoms with Gasteiger partial charge in [0.2, 0.25) is 11.8 Å². The highest BCUT2D eigenvalue weighted by atomic mass is 19.4. The highest BCUT2D eigenvalue weighted by Gasteiger charge is 2.54. The Morgan fingerprint density at radius 2 is 1.97 bits per heavy atom.